The van der Waals surface area contributed by atoms with Crippen LogP contribution in [0.15, 0.2) is 89.4 Å². The molecule has 0 fully saturated rings. The van der Waals surface area contributed by atoms with Crippen molar-refractivity contribution < 1.29 is 14.3 Å². The first kappa shape index (κ1) is 24.5. The number of fused-ring (bicyclic) bond motifs is 1. The van der Waals surface area contributed by atoms with E-state index in [2.05, 4.69) is 21.2 Å². The molecule has 0 heterocycles. The Kier molecular flexibility index (Phi) is 7.83. The van der Waals surface area contributed by atoms with Crippen LogP contribution in [-0.4, -0.2) is 25.0 Å². The SMILES string of the molecule is CCCOc1ccc(C(=O)Nc2ccc(C(=O)N(CC)c3cccc4ccccc34)cc2)cc1Br. The van der Waals surface area contributed by atoms with Gasteiger partial charge in [0.05, 0.1) is 16.8 Å². The van der Waals surface area contributed by atoms with Crippen molar-refractivity contribution >= 4 is 49.9 Å². The molecule has 4 aromatic carbocycles. The number of halogens is 1. The molecule has 0 aliphatic carbocycles. The highest BCUT2D eigenvalue weighted by molar-refractivity contribution is 9.10. The minimum atomic E-state index is -0.238. The fourth-order valence-electron chi connectivity index (χ4n) is 3.89. The average molecular weight is 531 g/mol. The van der Waals surface area contributed by atoms with Gasteiger partial charge in [0.1, 0.15) is 5.75 Å². The second-order valence-corrected chi connectivity index (χ2v) is 8.93. The molecule has 4 aromatic rings. The smallest absolute Gasteiger partial charge is 0.258 e. The van der Waals surface area contributed by atoms with Gasteiger partial charge in [-0.05, 0) is 83.2 Å². The normalized spacial score (nSPS) is 10.7. The number of nitrogens with one attached hydrogen (secondary N) is 1. The molecule has 0 aromatic heterocycles. The van der Waals surface area contributed by atoms with Crippen LogP contribution in [0.2, 0.25) is 0 Å². The van der Waals surface area contributed by atoms with Crippen molar-refractivity contribution in [1.29, 1.82) is 0 Å². The van der Waals surface area contributed by atoms with Crippen molar-refractivity contribution in [3.8, 4) is 5.75 Å². The van der Waals surface area contributed by atoms with E-state index in [4.69, 9.17) is 4.74 Å². The number of anilines is 2. The van der Waals surface area contributed by atoms with E-state index in [0.717, 1.165) is 27.4 Å². The quantitative estimate of drug-likeness (QED) is 0.259. The molecule has 0 bridgehead atoms. The van der Waals surface area contributed by atoms with Gasteiger partial charge in [0.2, 0.25) is 0 Å². The Hall–Kier alpha value is -3.64. The van der Waals surface area contributed by atoms with Gasteiger partial charge in [0.15, 0.2) is 0 Å². The average Bonchev–Trinajstić information content (AvgIpc) is 2.89. The Balaban J connectivity index is 1.48. The number of carbonyl (C=O) groups excluding carboxylic acids is 2. The van der Waals surface area contributed by atoms with E-state index in [1.54, 1.807) is 47.4 Å². The van der Waals surface area contributed by atoms with E-state index in [-0.39, 0.29) is 11.8 Å². The number of hydrogen-bond donors (Lipinski definition) is 1. The molecule has 178 valence electrons. The van der Waals surface area contributed by atoms with Gasteiger partial charge in [0.25, 0.3) is 11.8 Å². The molecule has 6 heteroatoms. The van der Waals surface area contributed by atoms with Gasteiger partial charge in [-0.2, -0.15) is 0 Å². The van der Waals surface area contributed by atoms with E-state index in [1.807, 2.05) is 56.3 Å². The summed E-state index contributed by atoms with van der Waals surface area (Å²) in [5.41, 5.74) is 2.55. The Morgan fingerprint density at radius 3 is 2.31 bits per heavy atom. The lowest BCUT2D eigenvalue weighted by Gasteiger charge is -2.23. The maximum atomic E-state index is 13.3. The summed E-state index contributed by atoms with van der Waals surface area (Å²) in [6.45, 7) is 5.16. The molecular weight excluding hydrogens is 504 g/mol. The molecule has 0 aliphatic rings. The summed E-state index contributed by atoms with van der Waals surface area (Å²) in [7, 11) is 0. The summed E-state index contributed by atoms with van der Waals surface area (Å²) >= 11 is 3.46. The molecule has 0 spiro atoms. The molecule has 4 rings (SSSR count). The molecule has 2 amide bonds. The fourth-order valence-corrected chi connectivity index (χ4v) is 4.39. The lowest BCUT2D eigenvalue weighted by Crippen LogP contribution is -2.30. The van der Waals surface area contributed by atoms with Crippen molar-refractivity contribution in [2.24, 2.45) is 0 Å². The van der Waals surface area contributed by atoms with Crippen LogP contribution >= 0.6 is 15.9 Å². The van der Waals surface area contributed by atoms with Gasteiger partial charge in [-0.15, -0.1) is 0 Å². The topological polar surface area (TPSA) is 58.6 Å². The number of benzene rings is 4. The van der Waals surface area contributed by atoms with Crippen LogP contribution in [0.1, 0.15) is 41.0 Å². The number of rotatable bonds is 8. The summed E-state index contributed by atoms with van der Waals surface area (Å²) < 4.78 is 6.37. The van der Waals surface area contributed by atoms with Crippen LogP contribution in [-0.2, 0) is 0 Å². The molecule has 0 saturated carbocycles. The molecule has 35 heavy (non-hydrogen) atoms. The molecule has 5 nitrogen and oxygen atoms in total. The van der Waals surface area contributed by atoms with Gasteiger partial charge in [-0.1, -0.05) is 43.3 Å². The first-order valence-electron chi connectivity index (χ1n) is 11.6. The van der Waals surface area contributed by atoms with Gasteiger partial charge in [-0.3, -0.25) is 9.59 Å². The van der Waals surface area contributed by atoms with Crippen LogP contribution in [0.4, 0.5) is 11.4 Å². The first-order chi connectivity index (χ1) is 17.0. The van der Waals surface area contributed by atoms with Crippen molar-refractivity contribution in [3.05, 3.63) is 101 Å². The number of nitrogens with zero attached hydrogens (tertiary/aromatic N) is 1. The van der Waals surface area contributed by atoms with Gasteiger partial charge in [-0.25, -0.2) is 0 Å². The minimum Gasteiger partial charge on any atom is -0.492 e. The van der Waals surface area contributed by atoms with E-state index < -0.39 is 0 Å². The van der Waals surface area contributed by atoms with Crippen LogP contribution in [0.3, 0.4) is 0 Å². The van der Waals surface area contributed by atoms with Crippen molar-refractivity contribution in [3.63, 3.8) is 0 Å². The monoisotopic (exact) mass is 530 g/mol. The molecule has 0 aliphatic heterocycles. The Morgan fingerprint density at radius 1 is 0.886 bits per heavy atom. The lowest BCUT2D eigenvalue weighted by molar-refractivity contribution is 0.0987. The molecule has 0 radical (unpaired) electrons. The molecule has 1 N–H and O–H groups in total. The van der Waals surface area contributed by atoms with Crippen LogP contribution in [0.5, 0.6) is 5.75 Å². The highest BCUT2D eigenvalue weighted by atomic mass is 79.9. The zero-order valence-electron chi connectivity index (χ0n) is 19.8. The lowest BCUT2D eigenvalue weighted by atomic mass is 10.1. The van der Waals surface area contributed by atoms with Crippen LogP contribution in [0.25, 0.3) is 10.8 Å². The summed E-state index contributed by atoms with van der Waals surface area (Å²) in [6, 6.07) is 26.2. The number of ether oxygens (including phenoxy) is 1. The fraction of sp³-hybridized carbons (Fsp3) is 0.172. The summed E-state index contributed by atoms with van der Waals surface area (Å²) in [6.07, 6.45) is 0.908. The van der Waals surface area contributed by atoms with E-state index in [1.165, 1.54) is 0 Å². The van der Waals surface area contributed by atoms with Gasteiger partial charge < -0.3 is 15.0 Å². The number of hydrogen-bond acceptors (Lipinski definition) is 3. The third-order valence-corrected chi connectivity index (χ3v) is 6.28. The maximum absolute atomic E-state index is 13.3. The summed E-state index contributed by atoms with van der Waals surface area (Å²) in [5.74, 6) is 0.379. The third kappa shape index (κ3) is 5.54. The summed E-state index contributed by atoms with van der Waals surface area (Å²) in [5, 5.41) is 5.01. The van der Waals surface area contributed by atoms with Crippen molar-refractivity contribution in [2.45, 2.75) is 20.3 Å². The Labute approximate surface area is 213 Å². The van der Waals surface area contributed by atoms with Crippen LogP contribution < -0.4 is 15.0 Å². The largest absolute Gasteiger partial charge is 0.492 e. The maximum Gasteiger partial charge on any atom is 0.258 e. The molecule has 0 atom stereocenters. The first-order valence-corrected chi connectivity index (χ1v) is 12.4. The molecule has 0 saturated heterocycles. The van der Waals surface area contributed by atoms with E-state index >= 15 is 0 Å². The Bertz CT molecular complexity index is 1350. The standard InChI is InChI=1S/C29H27BrN2O3/c1-3-18-35-27-17-14-22(19-25(27)30)28(33)31-23-15-12-21(13-16-23)29(34)32(4-2)26-11-7-9-20-8-5-6-10-24(20)26/h5-17,19H,3-4,18H2,1-2H3,(H,31,33). The zero-order chi connectivity index (χ0) is 24.8. The molecule has 0 unspecified atom stereocenters. The van der Waals surface area contributed by atoms with Crippen molar-refractivity contribution in [1.82, 2.24) is 0 Å². The Morgan fingerprint density at radius 2 is 1.60 bits per heavy atom. The summed E-state index contributed by atoms with van der Waals surface area (Å²) in [4.78, 5) is 27.8. The highest BCUT2D eigenvalue weighted by Crippen LogP contribution is 2.29. The zero-order valence-corrected chi connectivity index (χ0v) is 21.3. The minimum absolute atomic E-state index is 0.0895. The van der Waals surface area contributed by atoms with E-state index in [0.29, 0.717) is 35.7 Å². The second-order valence-electron chi connectivity index (χ2n) is 8.07. The number of carbonyl (C=O) groups is 2. The highest BCUT2D eigenvalue weighted by Gasteiger charge is 2.18. The van der Waals surface area contributed by atoms with Gasteiger partial charge >= 0.3 is 0 Å². The predicted octanol–water partition coefficient (Wildman–Crippen LogP) is 7.31. The molecular formula is C29H27BrN2O3. The van der Waals surface area contributed by atoms with E-state index in [9.17, 15) is 9.59 Å². The second kappa shape index (κ2) is 11.2. The van der Waals surface area contributed by atoms with Crippen LogP contribution in [0, 0.1) is 0 Å². The number of amides is 2. The van der Waals surface area contributed by atoms with Crippen molar-refractivity contribution in [2.75, 3.05) is 23.4 Å². The third-order valence-electron chi connectivity index (χ3n) is 5.66. The van der Waals surface area contributed by atoms with Gasteiger partial charge in [0, 0.05) is 28.7 Å². The predicted molar refractivity (Wildman–Crippen MR) is 146 cm³/mol.